The number of fused-ring (bicyclic) bond motifs is 1. The lowest BCUT2D eigenvalue weighted by molar-refractivity contribution is 0.540. The average Bonchev–Trinajstić information content (AvgIpc) is 2.86. The van der Waals surface area contributed by atoms with Crippen LogP contribution in [0.15, 0.2) is 28.8 Å². The van der Waals surface area contributed by atoms with E-state index in [-0.39, 0.29) is 5.41 Å². The maximum absolute atomic E-state index is 5.89. The van der Waals surface area contributed by atoms with Gasteiger partial charge in [0.1, 0.15) is 33.5 Å². The van der Waals surface area contributed by atoms with Crippen molar-refractivity contribution in [1.82, 2.24) is 29.9 Å². The molecule has 0 bridgehead atoms. The number of anilines is 1. The molecule has 0 saturated heterocycles. The Morgan fingerprint density at radius 2 is 1.95 bits per heavy atom. The summed E-state index contributed by atoms with van der Waals surface area (Å²) in [7, 11) is 0. The van der Waals surface area contributed by atoms with Gasteiger partial charge in [0.25, 0.3) is 0 Å². The molecule has 7 nitrogen and oxygen atoms in total. The molecule has 3 N–H and O–H groups in total. The van der Waals surface area contributed by atoms with Gasteiger partial charge in [-0.3, -0.25) is 0 Å². The van der Waals surface area contributed by atoms with Gasteiger partial charge in [0.05, 0.1) is 6.33 Å². The first-order valence-corrected chi connectivity index (χ1v) is 7.22. The SMILES string of the molecule is CC(C)(C)c1nc(N)cc(Sc2ncnc3nc[nH]c23)n1. The highest BCUT2D eigenvalue weighted by Crippen LogP contribution is 2.30. The summed E-state index contributed by atoms with van der Waals surface area (Å²) < 4.78 is 0. The van der Waals surface area contributed by atoms with E-state index < -0.39 is 0 Å². The molecule has 3 aromatic heterocycles. The van der Waals surface area contributed by atoms with E-state index in [2.05, 4.69) is 29.9 Å². The van der Waals surface area contributed by atoms with E-state index in [1.165, 1.54) is 18.1 Å². The lowest BCUT2D eigenvalue weighted by Crippen LogP contribution is -2.17. The second-order valence-corrected chi connectivity index (χ2v) is 6.60. The standard InChI is InChI=1S/C13H15N7S/c1-13(2,3)12-19-7(14)4-8(20-12)21-11-9-10(16-5-15-9)17-6-18-11/h4-6H,1-3H3,(H2,14,19,20)(H,15,16,17,18). The van der Waals surface area contributed by atoms with Crippen molar-refractivity contribution in [3.05, 3.63) is 24.5 Å². The Hall–Kier alpha value is -2.22. The van der Waals surface area contributed by atoms with Crippen LogP contribution in [-0.2, 0) is 5.41 Å². The molecule has 0 aliphatic rings. The van der Waals surface area contributed by atoms with Crippen molar-refractivity contribution in [1.29, 1.82) is 0 Å². The predicted molar refractivity (Wildman–Crippen MR) is 81.0 cm³/mol. The Morgan fingerprint density at radius 1 is 1.14 bits per heavy atom. The molecule has 0 unspecified atom stereocenters. The maximum atomic E-state index is 5.89. The third kappa shape index (κ3) is 2.80. The molecular formula is C13H15N7S. The lowest BCUT2D eigenvalue weighted by Gasteiger charge is -2.17. The molecule has 8 heteroatoms. The fraction of sp³-hybridized carbons (Fsp3) is 0.308. The molecule has 21 heavy (non-hydrogen) atoms. The molecule has 0 fully saturated rings. The molecule has 3 aromatic rings. The predicted octanol–water partition coefficient (Wildman–Crippen LogP) is 2.17. The number of nitrogens with zero attached hydrogens (tertiary/aromatic N) is 5. The van der Waals surface area contributed by atoms with E-state index in [0.29, 0.717) is 17.3 Å². The van der Waals surface area contributed by atoms with E-state index in [0.717, 1.165) is 15.6 Å². The van der Waals surface area contributed by atoms with Gasteiger partial charge in [-0.05, 0) is 11.8 Å². The van der Waals surface area contributed by atoms with Crippen LogP contribution in [0.3, 0.4) is 0 Å². The highest BCUT2D eigenvalue weighted by Gasteiger charge is 2.19. The average molecular weight is 301 g/mol. The highest BCUT2D eigenvalue weighted by atomic mass is 32.2. The van der Waals surface area contributed by atoms with E-state index in [1.54, 1.807) is 12.4 Å². The minimum absolute atomic E-state index is 0.167. The summed E-state index contributed by atoms with van der Waals surface area (Å²) in [6.45, 7) is 6.15. The fourth-order valence-corrected chi connectivity index (χ4v) is 2.61. The molecule has 0 amide bonds. The van der Waals surface area contributed by atoms with Crippen molar-refractivity contribution < 1.29 is 0 Å². The van der Waals surface area contributed by atoms with Gasteiger partial charge in [-0.15, -0.1) is 0 Å². The zero-order valence-corrected chi connectivity index (χ0v) is 12.8. The Labute approximate surface area is 125 Å². The first-order valence-electron chi connectivity index (χ1n) is 6.40. The van der Waals surface area contributed by atoms with Crippen LogP contribution in [0.1, 0.15) is 26.6 Å². The number of imidazole rings is 1. The zero-order chi connectivity index (χ0) is 15.0. The molecule has 108 valence electrons. The van der Waals surface area contributed by atoms with Crippen LogP contribution in [-0.4, -0.2) is 29.9 Å². The third-order valence-electron chi connectivity index (χ3n) is 2.78. The minimum atomic E-state index is -0.167. The number of H-pyrrole nitrogens is 1. The normalized spacial score (nSPS) is 12.0. The lowest BCUT2D eigenvalue weighted by atomic mass is 9.96. The monoisotopic (exact) mass is 301 g/mol. The van der Waals surface area contributed by atoms with Crippen LogP contribution in [0, 0.1) is 0 Å². The molecule has 3 rings (SSSR count). The van der Waals surface area contributed by atoms with Crippen LogP contribution >= 0.6 is 11.8 Å². The van der Waals surface area contributed by atoms with Gasteiger partial charge < -0.3 is 10.7 Å². The zero-order valence-electron chi connectivity index (χ0n) is 12.0. The molecule has 0 atom stereocenters. The molecule has 0 radical (unpaired) electrons. The first kappa shape index (κ1) is 13.7. The quantitative estimate of drug-likeness (QED) is 0.698. The number of nitrogen functional groups attached to an aromatic ring is 1. The molecule has 0 aliphatic heterocycles. The Bertz CT molecular complexity index is 791. The largest absolute Gasteiger partial charge is 0.384 e. The molecule has 0 spiro atoms. The summed E-state index contributed by atoms with van der Waals surface area (Å²) in [6.07, 6.45) is 3.08. The molecule has 0 aliphatic carbocycles. The Kier molecular flexibility index (Phi) is 3.25. The van der Waals surface area contributed by atoms with Gasteiger partial charge in [0.15, 0.2) is 5.65 Å². The van der Waals surface area contributed by atoms with Crippen LogP contribution in [0.4, 0.5) is 5.82 Å². The summed E-state index contributed by atoms with van der Waals surface area (Å²) in [6, 6.07) is 1.74. The van der Waals surface area contributed by atoms with Gasteiger partial charge in [0, 0.05) is 11.5 Å². The molecular weight excluding hydrogens is 286 g/mol. The number of hydrogen-bond acceptors (Lipinski definition) is 7. The van der Waals surface area contributed by atoms with Gasteiger partial charge in [0.2, 0.25) is 0 Å². The van der Waals surface area contributed by atoms with Crippen LogP contribution in [0.5, 0.6) is 0 Å². The van der Waals surface area contributed by atoms with Gasteiger partial charge in [-0.2, -0.15) is 0 Å². The summed E-state index contributed by atoms with van der Waals surface area (Å²) in [5, 5.41) is 1.51. The molecule has 0 saturated carbocycles. The highest BCUT2D eigenvalue weighted by molar-refractivity contribution is 7.99. The first-order chi connectivity index (χ1) is 9.93. The van der Waals surface area contributed by atoms with E-state index in [4.69, 9.17) is 5.73 Å². The number of rotatable bonds is 2. The number of aromatic nitrogens is 6. The summed E-state index contributed by atoms with van der Waals surface area (Å²) in [5.41, 5.74) is 7.14. The van der Waals surface area contributed by atoms with Crippen molar-refractivity contribution in [2.45, 2.75) is 36.2 Å². The van der Waals surface area contributed by atoms with Crippen molar-refractivity contribution in [2.75, 3.05) is 5.73 Å². The third-order valence-corrected chi connectivity index (χ3v) is 3.70. The van der Waals surface area contributed by atoms with Gasteiger partial charge >= 0.3 is 0 Å². The second kappa shape index (κ2) is 4.96. The van der Waals surface area contributed by atoms with Crippen LogP contribution in [0.2, 0.25) is 0 Å². The fourth-order valence-electron chi connectivity index (χ4n) is 1.75. The maximum Gasteiger partial charge on any atom is 0.181 e. The number of nitrogens with one attached hydrogen (secondary N) is 1. The van der Waals surface area contributed by atoms with Crippen molar-refractivity contribution >= 4 is 28.7 Å². The van der Waals surface area contributed by atoms with E-state index in [9.17, 15) is 0 Å². The smallest absolute Gasteiger partial charge is 0.181 e. The minimum Gasteiger partial charge on any atom is -0.384 e. The number of aromatic amines is 1. The Balaban J connectivity index is 2.02. The number of hydrogen-bond donors (Lipinski definition) is 2. The Morgan fingerprint density at radius 3 is 2.71 bits per heavy atom. The summed E-state index contributed by atoms with van der Waals surface area (Å²) >= 11 is 1.41. The summed E-state index contributed by atoms with van der Waals surface area (Å²) in [4.78, 5) is 24.4. The summed E-state index contributed by atoms with van der Waals surface area (Å²) in [5.74, 6) is 1.16. The molecule has 0 aromatic carbocycles. The molecule has 3 heterocycles. The van der Waals surface area contributed by atoms with Crippen LogP contribution < -0.4 is 5.73 Å². The van der Waals surface area contributed by atoms with Gasteiger partial charge in [-0.1, -0.05) is 20.8 Å². The van der Waals surface area contributed by atoms with Crippen molar-refractivity contribution in [3.63, 3.8) is 0 Å². The number of nitrogens with two attached hydrogens (primary N) is 1. The van der Waals surface area contributed by atoms with Gasteiger partial charge in [-0.25, -0.2) is 24.9 Å². The van der Waals surface area contributed by atoms with Crippen LogP contribution in [0.25, 0.3) is 11.2 Å². The topological polar surface area (TPSA) is 106 Å². The van der Waals surface area contributed by atoms with E-state index in [1.807, 2.05) is 20.8 Å². The van der Waals surface area contributed by atoms with Crippen molar-refractivity contribution in [3.8, 4) is 0 Å². The second-order valence-electron chi connectivity index (χ2n) is 5.59. The van der Waals surface area contributed by atoms with Crippen molar-refractivity contribution in [2.24, 2.45) is 0 Å². The van der Waals surface area contributed by atoms with E-state index >= 15 is 0 Å².